The molecule has 1 aromatic heterocycles. The molecule has 0 bridgehead atoms. The van der Waals surface area contributed by atoms with Crippen molar-refractivity contribution >= 4 is 27.7 Å². The monoisotopic (exact) mass is 313 g/mol. The molecule has 5 nitrogen and oxygen atoms in total. The van der Waals surface area contributed by atoms with Gasteiger partial charge < -0.3 is 0 Å². The van der Waals surface area contributed by atoms with Gasteiger partial charge in [0.2, 0.25) is 5.91 Å². The van der Waals surface area contributed by atoms with Gasteiger partial charge in [-0.25, -0.2) is 4.98 Å². The van der Waals surface area contributed by atoms with Crippen molar-refractivity contribution in [2.24, 2.45) is 0 Å². The van der Waals surface area contributed by atoms with E-state index in [-0.39, 0.29) is 11.6 Å². The lowest BCUT2D eigenvalue weighted by Crippen LogP contribution is -2.41. The zero-order valence-corrected chi connectivity index (χ0v) is 11.8. The fraction of sp³-hybridized carbons (Fsp3) is 0.417. The van der Waals surface area contributed by atoms with E-state index in [2.05, 4.69) is 38.7 Å². The first-order chi connectivity index (χ1) is 8.63. The van der Waals surface area contributed by atoms with Gasteiger partial charge in [0.15, 0.2) is 0 Å². The number of rotatable bonds is 5. The minimum absolute atomic E-state index is 0.188. The molecule has 0 spiro atoms. The molecule has 1 rings (SSSR count). The van der Waals surface area contributed by atoms with Crippen LogP contribution in [0.5, 0.6) is 0 Å². The number of hydrogen-bond acceptors (Lipinski definition) is 3. The molecule has 2 N–H and O–H groups in total. The summed E-state index contributed by atoms with van der Waals surface area (Å²) in [5.74, 6) is -0.619. The molecule has 0 aliphatic heterocycles. The van der Waals surface area contributed by atoms with E-state index in [1.165, 1.54) is 0 Å². The van der Waals surface area contributed by atoms with Crippen LogP contribution >= 0.6 is 15.9 Å². The number of nitrogens with one attached hydrogen (secondary N) is 2. The third kappa shape index (κ3) is 5.27. The number of amides is 2. The van der Waals surface area contributed by atoms with E-state index in [1.54, 1.807) is 18.2 Å². The molecule has 0 radical (unpaired) electrons. The van der Waals surface area contributed by atoms with Crippen molar-refractivity contribution in [2.45, 2.75) is 32.6 Å². The zero-order valence-electron chi connectivity index (χ0n) is 10.2. The summed E-state index contributed by atoms with van der Waals surface area (Å²) in [6, 6.07) is 5.00. The molecule has 6 heteroatoms. The Balaban J connectivity index is 2.35. The smallest absolute Gasteiger partial charge is 0.273 e. The van der Waals surface area contributed by atoms with Gasteiger partial charge >= 0.3 is 0 Å². The average molecular weight is 314 g/mol. The highest BCUT2D eigenvalue weighted by molar-refractivity contribution is 9.10. The molecule has 0 unspecified atom stereocenters. The van der Waals surface area contributed by atoms with E-state index in [0.29, 0.717) is 11.0 Å². The summed E-state index contributed by atoms with van der Waals surface area (Å²) < 4.78 is 0.574. The Morgan fingerprint density at radius 1 is 1.28 bits per heavy atom. The second-order valence-electron chi connectivity index (χ2n) is 3.80. The molecule has 2 amide bonds. The fourth-order valence-corrected chi connectivity index (χ4v) is 1.67. The minimum Gasteiger partial charge on any atom is -0.273 e. The molecule has 0 atom stereocenters. The Morgan fingerprint density at radius 3 is 2.72 bits per heavy atom. The van der Waals surface area contributed by atoms with Crippen LogP contribution in [-0.2, 0) is 4.79 Å². The van der Waals surface area contributed by atoms with Crippen molar-refractivity contribution < 1.29 is 9.59 Å². The van der Waals surface area contributed by atoms with Crippen LogP contribution in [0.1, 0.15) is 43.1 Å². The Hall–Kier alpha value is -1.43. The summed E-state index contributed by atoms with van der Waals surface area (Å²) in [7, 11) is 0. The second-order valence-corrected chi connectivity index (χ2v) is 4.62. The number of nitrogens with zero attached hydrogens (tertiary/aromatic N) is 1. The van der Waals surface area contributed by atoms with E-state index in [0.717, 1.165) is 19.3 Å². The van der Waals surface area contributed by atoms with Crippen LogP contribution in [0.4, 0.5) is 0 Å². The van der Waals surface area contributed by atoms with E-state index >= 15 is 0 Å². The van der Waals surface area contributed by atoms with Crippen molar-refractivity contribution in [3.63, 3.8) is 0 Å². The third-order valence-corrected chi connectivity index (χ3v) is 2.71. The van der Waals surface area contributed by atoms with Gasteiger partial charge in [-0.1, -0.05) is 25.8 Å². The predicted molar refractivity (Wildman–Crippen MR) is 71.7 cm³/mol. The molecule has 1 heterocycles. The maximum Gasteiger partial charge on any atom is 0.288 e. The maximum atomic E-state index is 11.6. The standard InChI is InChI=1S/C12H16BrN3O2/c1-2-3-4-8-11(17)15-16-12(18)9-6-5-7-10(13)14-9/h5-7H,2-4,8H2,1H3,(H,15,17)(H,16,18). The highest BCUT2D eigenvalue weighted by atomic mass is 79.9. The number of halogens is 1. The van der Waals surface area contributed by atoms with E-state index in [9.17, 15) is 9.59 Å². The van der Waals surface area contributed by atoms with E-state index in [1.807, 2.05) is 0 Å². The first-order valence-electron chi connectivity index (χ1n) is 5.85. The van der Waals surface area contributed by atoms with Crippen molar-refractivity contribution in [1.82, 2.24) is 15.8 Å². The Labute approximate surface area is 114 Å². The number of carbonyl (C=O) groups excluding carboxylic acids is 2. The number of aromatic nitrogens is 1. The number of hydrogen-bond donors (Lipinski definition) is 2. The number of pyridine rings is 1. The third-order valence-electron chi connectivity index (χ3n) is 2.27. The van der Waals surface area contributed by atoms with Crippen LogP contribution in [0.25, 0.3) is 0 Å². The van der Waals surface area contributed by atoms with Crippen LogP contribution in [0, 0.1) is 0 Å². The van der Waals surface area contributed by atoms with Crippen molar-refractivity contribution in [3.05, 3.63) is 28.5 Å². The molecule has 0 saturated heterocycles. The first kappa shape index (κ1) is 14.6. The highest BCUT2D eigenvalue weighted by Gasteiger charge is 2.08. The molecular formula is C12H16BrN3O2. The van der Waals surface area contributed by atoms with Gasteiger partial charge in [0.05, 0.1) is 0 Å². The molecule has 0 aromatic carbocycles. The zero-order chi connectivity index (χ0) is 13.4. The van der Waals surface area contributed by atoms with E-state index < -0.39 is 5.91 Å². The van der Waals surface area contributed by atoms with Crippen LogP contribution in [0.15, 0.2) is 22.8 Å². The van der Waals surface area contributed by atoms with Crippen molar-refractivity contribution in [3.8, 4) is 0 Å². The van der Waals surface area contributed by atoms with Crippen molar-refractivity contribution in [1.29, 1.82) is 0 Å². The minimum atomic E-state index is -0.430. The van der Waals surface area contributed by atoms with Gasteiger partial charge in [-0.05, 0) is 34.5 Å². The molecule has 98 valence electrons. The molecule has 0 saturated carbocycles. The summed E-state index contributed by atoms with van der Waals surface area (Å²) in [4.78, 5) is 27.0. The first-order valence-corrected chi connectivity index (χ1v) is 6.64. The lowest BCUT2D eigenvalue weighted by Gasteiger charge is -2.06. The molecule has 0 aliphatic carbocycles. The molecule has 1 aromatic rings. The molecule has 0 fully saturated rings. The number of carbonyl (C=O) groups is 2. The van der Waals surface area contributed by atoms with Crippen LogP contribution < -0.4 is 10.9 Å². The van der Waals surface area contributed by atoms with Gasteiger partial charge in [-0.2, -0.15) is 0 Å². The summed E-state index contributed by atoms with van der Waals surface area (Å²) in [6.07, 6.45) is 3.31. The van der Waals surface area contributed by atoms with Gasteiger partial charge in [0, 0.05) is 6.42 Å². The number of unbranched alkanes of at least 4 members (excludes halogenated alkanes) is 2. The largest absolute Gasteiger partial charge is 0.288 e. The Kier molecular flexibility index (Phi) is 6.35. The summed E-state index contributed by atoms with van der Waals surface area (Å²) in [6.45, 7) is 2.07. The maximum absolute atomic E-state index is 11.6. The lowest BCUT2D eigenvalue weighted by atomic mass is 10.2. The SMILES string of the molecule is CCCCCC(=O)NNC(=O)c1cccc(Br)n1. The van der Waals surface area contributed by atoms with Gasteiger partial charge in [0.25, 0.3) is 5.91 Å². The molecule has 18 heavy (non-hydrogen) atoms. The quantitative estimate of drug-likeness (QED) is 0.497. The van der Waals surface area contributed by atoms with Gasteiger partial charge in [-0.15, -0.1) is 0 Å². The fourth-order valence-electron chi connectivity index (χ4n) is 1.32. The summed E-state index contributed by atoms with van der Waals surface area (Å²) in [5, 5.41) is 0. The number of hydrazine groups is 1. The van der Waals surface area contributed by atoms with Gasteiger partial charge in [0.1, 0.15) is 10.3 Å². The highest BCUT2D eigenvalue weighted by Crippen LogP contribution is 2.05. The topological polar surface area (TPSA) is 71.1 Å². The summed E-state index contributed by atoms with van der Waals surface area (Å²) >= 11 is 3.17. The normalized spacial score (nSPS) is 9.89. The Bertz CT molecular complexity index is 424. The van der Waals surface area contributed by atoms with Gasteiger partial charge in [-0.3, -0.25) is 20.4 Å². The van der Waals surface area contributed by atoms with E-state index in [4.69, 9.17) is 0 Å². The Morgan fingerprint density at radius 2 is 2.06 bits per heavy atom. The second kappa shape index (κ2) is 7.81. The average Bonchev–Trinajstić information content (AvgIpc) is 2.36. The molecular weight excluding hydrogens is 298 g/mol. The molecule has 0 aliphatic rings. The summed E-state index contributed by atoms with van der Waals surface area (Å²) in [5.41, 5.74) is 4.94. The van der Waals surface area contributed by atoms with Crippen LogP contribution in [-0.4, -0.2) is 16.8 Å². The predicted octanol–water partition coefficient (Wildman–Crippen LogP) is 2.19. The van der Waals surface area contributed by atoms with Crippen LogP contribution in [0.2, 0.25) is 0 Å². The van der Waals surface area contributed by atoms with Crippen LogP contribution in [0.3, 0.4) is 0 Å². The van der Waals surface area contributed by atoms with Crippen molar-refractivity contribution in [2.75, 3.05) is 0 Å². The lowest BCUT2D eigenvalue weighted by molar-refractivity contribution is -0.121.